The van der Waals surface area contributed by atoms with E-state index in [1.807, 2.05) is 36.4 Å². The van der Waals surface area contributed by atoms with E-state index in [1.54, 1.807) is 17.6 Å². The number of nitrogens with one attached hydrogen (secondary N) is 1. The average Bonchev–Trinajstić information content (AvgIpc) is 3.25. The van der Waals surface area contributed by atoms with E-state index < -0.39 is 34.2 Å². The first-order chi connectivity index (χ1) is 14.4. The molecular weight excluding hydrogens is 408 g/mol. The second kappa shape index (κ2) is 9.94. The van der Waals surface area contributed by atoms with Crippen LogP contribution in [-0.4, -0.2) is 55.5 Å². The Balaban J connectivity index is 1.64. The van der Waals surface area contributed by atoms with Crippen LogP contribution >= 0.6 is 0 Å². The first kappa shape index (κ1) is 22.1. The molecule has 160 valence electrons. The minimum Gasteiger partial charge on any atom is -0.393 e. The number of benzene rings is 2. The normalized spacial score (nSPS) is 18.8. The van der Waals surface area contributed by atoms with E-state index >= 15 is 0 Å². The molecule has 0 saturated carbocycles. The van der Waals surface area contributed by atoms with Crippen LogP contribution in [0.15, 0.2) is 53.7 Å². The van der Waals surface area contributed by atoms with Gasteiger partial charge in [-0.3, -0.25) is 14.2 Å². The van der Waals surface area contributed by atoms with Gasteiger partial charge in [-0.2, -0.15) is 0 Å². The molecule has 8 nitrogen and oxygen atoms in total. The van der Waals surface area contributed by atoms with Crippen molar-refractivity contribution >= 4 is 22.4 Å². The van der Waals surface area contributed by atoms with Crippen LogP contribution in [0.3, 0.4) is 0 Å². The van der Waals surface area contributed by atoms with Gasteiger partial charge in [-0.15, -0.1) is 0 Å². The quantitative estimate of drug-likeness (QED) is 0.370. The maximum absolute atomic E-state index is 11.8. The number of carbonyl (C=O) groups excluding carboxylic acids is 1. The van der Waals surface area contributed by atoms with Crippen LogP contribution in [0.1, 0.15) is 30.1 Å². The zero-order chi connectivity index (χ0) is 21.7. The van der Waals surface area contributed by atoms with Gasteiger partial charge in [0.1, 0.15) is 17.5 Å². The molecule has 1 heterocycles. The third kappa shape index (κ3) is 5.11. The molecule has 1 aliphatic rings. The Labute approximate surface area is 176 Å². The van der Waals surface area contributed by atoms with Crippen LogP contribution in [-0.2, 0) is 20.4 Å². The standard InChI is InChI=1S/C21H24N2O6S/c1-30(28)20(21(26)22-27)11-17-10-18(23-29-17)15-6-2-13(3-7-15)14-4-8-16(9-5-14)19(25)12-24/h2-9,17,19-20,24-25,27H,10-12H2,1H3,(H,22,26). The summed E-state index contributed by atoms with van der Waals surface area (Å²) in [6.07, 6.45) is 0.790. The lowest BCUT2D eigenvalue weighted by molar-refractivity contribution is -0.129. The zero-order valence-corrected chi connectivity index (χ0v) is 17.2. The summed E-state index contributed by atoms with van der Waals surface area (Å²) in [4.78, 5) is 17.1. The molecule has 3 rings (SSSR count). The summed E-state index contributed by atoms with van der Waals surface area (Å²) in [6, 6.07) is 15.1. The average molecular weight is 432 g/mol. The summed E-state index contributed by atoms with van der Waals surface area (Å²) < 4.78 is 11.8. The Hall–Kier alpha value is -2.59. The van der Waals surface area contributed by atoms with Gasteiger partial charge in [0.25, 0.3) is 5.91 Å². The molecule has 4 unspecified atom stereocenters. The summed E-state index contributed by atoms with van der Waals surface area (Å²) >= 11 is 0. The number of oxime groups is 1. The van der Waals surface area contributed by atoms with Crippen molar-refractivity contribution < 1.29 is 29.3 Å². The third-order valence-corrected chi connectivity index (χ3v) is 6.24. The van der Waals surface area contributed by atoms with Crippen molar-refractivity contribution in [2.75, 3.05) is 12.9 Å². The first-order valence-electron chi connectivity index (χ1n) is 9.41. The lowest BCUT2D eigenvalue weighted by atomic mass is 9.98. The molecule has 4 N–H and O–H groups in total. The van der Waals surface area contributed by atoms with Gasteiger partial charge in [-0.25, -0.2) is 5.48 Å². The summed E-state index contributed by atoms with van der Waals surface area (Å²) in [6.45, 7) is -0.321. The predicted molar refractivity (Wildman–Crippen MR) is 112 cm³/mol. The third-order valence-electron chi connectivity index (χ3n) is 5.03. The van der Waals surface area contributed by atoms with Gasteiger partial charge in [-0.05, 0) is 22.3 Å². The van der Waals surface area contributed by atoms with Gasteiger partial charge in [0.2, 0.25) is 0 Å². The Morgan fingerprint density at radius 2 is 1.73 bits per heavy atom. The molecule has 9 heteroatoms. The van der Waals surface area contributed by atoms with Gasteiger partial charge in [0.05, 0.1) is 12.3 Å². The Kier molecular flexibility index (Phi) is 7.33. The van der Waals surface area contributed by atoms with Crippen LogP contribution in [0.25, 0.3) is 11.1 Å². The molecule has 1 amide bonds. The lowest BCUT2D eigenvalue weighted by Crippen LogP contribution is -2.37. The predicted octanol–water partition coefficient (Wildman–Crippen LogP) is 1.51. The number of amides is 1. The van der Waals surface area contributed by atoms with E-state index in [0.29, 0.717) is 12.0 Å². The second-order valence-electron chi connectivity index (χ2n) is 7.07. The molecular formula is C21H24N2O6S. The van der Waals surface area contributed by atoms with E-state index in [2.05, 4.69) is 5.16 Å². The molecule has 0 spiro atoms. The molecule has 2 aromatic carbocycles. The fourth-order valence-corrected chi connectivity index (χ4v) is 4.13. The molecule has 0 bridgehead atoms. The van der Waals surface area contributed by atoms with Crippen LogP contribution in [0.5, 0.6) is 0 Å². The molecule has 4 atom stereocenters. The van der Waals surface area contributed by atoms with Gasteiger partial charge >= 0.3 is 0 Å². The molecule has 0 saturated heterocycles. The van der Waals surface area contributed by atoms with E-state index in [1.165, 1.54) is 6.26 Å². The highest BCUT2D eigenvalue weighted by Gasteiger charge is 2.31. The number of hydrogen-bond acceptors (Lipinski definition) is 7. The number of nitrogens with zero attached hydrogens (tertiary/aromatic N) is 1. The summed E-state index contributed by atoms with van der Waals surface area (Å²) in [5.41, 5.74) is 5.78. The number of hydrogen-bond donors (Lipinski definition) is 4. The van der Waals surface area contributed by atoms with Crippen molar-refractivity contribution in [3.05, 3.63) is 59.7 Å². The van der Waals surface area contributed by atoms with Crippen molar-refractivity contribution in [3.8, 4) is 11.1 Å². The second-order valence-corrected chi connectivity index (χ2v) is 8.63. The van der Waals surface area contributed by atoms with E-state index in [9.17, 15) is 14.1 Å². The maximum atomic E-state index is 11.8. The number of rotatable bonds is 8. The first-order valence-corrected chi connectivity index (χ1v) is 11.0. The van der Waals surface area contributed by atoms with Gasteiger partial charge in [-0.1, -0.05) is 53.7 Å². The van der Waals surface area contributed by atoms with Crippen LogP contribution in [0, 0.1) is 0 Å². The van der Waals surface area contributed by atoms with Crippen molar-refractivity contribution in [2.45, 2.75) is 30.3 Å². The van der Waals surface area contributed by atoms with Crippen molar-refractivity contribution in [2.24, 2.45) is 5.16 Å². The highest BCUT2D eigenvalue weighted by Crippen LogP contribution is 2.25. The molecule has 1 aliphatic heterocycles. The van der Waals surface area contributed by atoms with Crippen molar-refractivity contribution in [3.63, 3.8) is 0 Å². The highest BCUT2D eigenvalue weighted by atomic mass is 32.2. The van der Waals surface area contributed by atoms with E-state index in [4.69, 9.17) is 15.2 Å². The molecule has 0 radical (unpaired) electrons. The number of aliphatic hydroxyl groups is 2. The molecule has 30 heavy (non-hydrogen) atoms. The SMILES string of the molecule is CS(=O)C(CC1CC(c2ccc(-c3ccc(C(O)CO)cc3)cc2)=NO1)C(=O)NO. The van der Waals surface area contributed by atoms with Crippen LogP contribution in [0.2, 0.25) is 0 Å². The number of hydroxylamine groups is 1. The van der Waals surface area contributed by atoms with Gasteiger partial charge < -0.3 is 15.1 Å². The fraction of sp³-hybridized carbons (Fsp3) is 0.333. The van der Waals surface area contributed by atoms with Crippen LogP contribution in [0.4, 0.5) is 0 Å². The van der Waals surface area contributed by atoms with Crippen molar-refractivity contribution in [1.29, 1.82) is 0 Å². The lowest BCUT2D eigenvalue weighted by Gasteiger charge is -2.15. The molecule has 2 aromatic rings. The molecule has 0 fully saturated rings. The number of aliphatic hydroxyl groups excluding tert-OH is 2. The van der Waals surface area contributed by atoms with E-state index in [-0.39, 0.29) is 13.0 Å². The summed E-state index contributed by atoms with van der Waals surface area (Å²) in [5, 5.41) is 30.7. The minimum atomic E-state index is -1.45. The fourth-order valence-electron chi connectivity index (χ4n) is 3.29. The van der Waals surface area contributed by atoms with E-state index in [0.717, 1.165) is 22.4 Å². The highest BCUT2D eigenvalue weighted by molar-refractivity contribution is 7.85. The van der Waals surface area contributed by atoms with Gasteiger partial charge in [0, 0.05) is 29.9 Å². The summed E-state index contributed by atoms with van der Waals surface area (Å²) in [7, 11) is -1.45. The van der Waals surface area contributed by atoms with Crippen LogP contribution < -0.4 is 5.48 Å². The smallest absolute Gasteiger partial charge is 0.259 e. The Morgan fingerprint density at radius 1 is 1.17 bits per heavy atom. The topological polar surface area (TPSA) is 128 Å². The largest absolute Gasteiger partial charge is 0.393 e. The monoisotopic (exact) mass is 432 g/mol. The summed E-state index contributed by atoms with van der Waals surface area (Å²) in [5.74, 6) is -0.699. The maximum Gasteiger partial charge on any atom is 0.259 e. The van der Waals surface area contributed by atoms with Crippen molar-refractivity contribution in [1.82, 2.24) is 5.48 Å². The number of carbonyl (C=O) groups is 1. The van der Waals surface area contributed by atoms with Gasteiger partial charge in [0.15, 0.2) is 0 Å². The minimum absolute atomic E-state index is 0.187. The zero-order valence-electron chi connectivity index (χ0n) is 16.4. The Bertz CT molecular complexity index is 930. The molecule has 0 aliphatic carbocycles. The molecule has 0 aromatic heterocycles. The Morgan fingerprint density at radius 3 is 2.27 bits per heavy atom.